The van der Waals surface area contributed by atoms with Crippen LogP contribution in [0.2, 0.25) is 5.02 Å². The van der Waals surface area contributed by atoms with Crippen LogP contribution >= 0.6 is 11.6 Å². The minimum atomic E-state index is -0.844. The number of methoxy groups -OCH3 is 1. The van der Waals surface area contributed by atoms with E-state index < -0.39 is 11.4 Å². The van der Waals surface area contributed by atoms with E-state index in [1.54, 1.807) is 7.11 Å². The highest BCUT2D eigenvalue weighted by molar-refractivity contribution is 6.30. The average Bonchev–Trinajstić information content (AvgIpc) is 3.36. The van der Waals surface area contributed by atoms with Crippen LogP contribution in [0.5, 0.6) is 0 Å². The van der Waals surface area contributed by atoms with Gasteiger partial charge in [-0.2, -0.15) is 0 Å². The summed E-state index contributed by atoms with van der Waals surface area (Å²) < 4.78 is 12.3. The van der Waals surface area contributed by atoms with Crippen LogP contribution < -0.4 is 0 Å². The molecule has 24 heavy (non-hydrogen) atoms. The van der Waals surface area contributed by atoms with Gasteiger partial charge < -0.3 is 9.47 Å². The molecule has 2 nitrogen and oxygen atoms in total. The molecule has 0 amide bonds. The highest BCUT2D eigenvalue weighted by atomic mass is 35.5. The summed E-state index contributed by atoms with van der Waals surface area (Å²) >= 11 is 6.08. The summed E-state index contributed by atoms with van der Waals surface area (Å²) in [6.07, 6.45) is 0. The fourth-order valence-corrected chi connectivity index (χ4v) is 3.56. The first kappa shape index (κ1) is 15.4. The Hall–Kier alpha value is -2.13. The molecule has 1 aliphatic rings. The maximum Gasteiger partial charge on any atom is 0.235 e. The first-order chi connectivity index (χ1) is 11.7. The van der Waals surface area contributed by atoms with E-state index in [1.165, 1.54) is 0 Å². The molecule has 1 aliphatic heterocycles. The molecule has 1 saturated heterocycles. The summed E-state index contributed by atoms with van der Waals surface area (Å²) in [6.45, 7) is 0. The van der Waals surface area contributed by atoms with Crippen molar-refractivity contribution in [3.8, 4) is 0 Å². The Morgan fingerprint density at radius 1 is 0.708 bits per heavy atom. The van der Waals surface area contributed by atoms with E-state index in [2.05, 4.69) is 12.1 Å². The third-order valence-electron chi connectivity index (χ3n) is 4.59. The first-order valence-electron chi connectivity index (χ1n) is 7.85. The molecule has 0 aliphatic carbocycles. The van der Waals surface area contributed by atoms with Gasteiger partial charge in [0.25, 0.3) is 0 Å². The van der Waals surface area contributed by atoms with E-state index in [1.807, 2.05) is 72.8 Å². The summed E-state index contributed by atoms with van der Waals surface area (Å²) in [7, 11) is 1.69. The number of rotatable bonds is 4. The van der Waals surface area contributed by atoms with Gasteiger partial charge >= 0.3 is 0 Å². The van der Waals surface area contributed by atoms with E-state index in [-0.39, 0.29) is 0 Å². The molecular formula is C21H17ClO2. The first-order valence-corrected chi connectivity index (χ1v) is 8.23. The minimum Gasteiger partial charge on any atom is -0.346 e. The molecule has 3 aromatic carbocycles. The number of halogens is 1. The van der Waals surface area contributed by atoms with Gasteiger partial charge in [0, 0.05) is 17.7 Å². The summed E-state index contributed by atoms with van der Waals surface area (Å²) in [4.78, 5) is 0. The molecule has 0 spiro atoms. The van der Waals surface area contributed by atoms with Crippen molar-refractivity contribution < 1.29 is 9.47 Å². The highest BCUT2D eigenvalue weighted by Crippen LogP contribution is 2.66. The smallest absolute Gasteiger partial charge is 0.235 e. The fourth-order valence-electron chi connectivity index (χ4n) is 3.44. The van der Waals surface area contributed by atoms with Gasteiger partial charge in [0.1, 0.15) is 0 Å². The fraction of sp³-hybridized carbons (Fsp3) is 0.143. The third kappa shape index (κ3) is 2.11. The van der Waals surface area contributed by atoms with Crippen LogP contribution in [0.15, 0.2) is 84.9 Å². The van der Waals surface area contributed by atoms with E-state index in [9.17, 15) is 0 Å². The Morgan fingerprint density at radius 3 is 1.75 bits per heavy atom. The van der Waals surface area contributed by atoms with Crippen molar-refractivity contribution in [1.82, 2.24) is 0 Å². The van der Waals surface area contributed by atoms with E-state index in [0.29, 0.717) is 5.02 Å². The summed E-state index contributed by atoms with van der Waals surface area (Å²) in [5.74, 6) is -0.844. The zero-order chi connectivity index (χ0) is 16.6. The second-order valence-corrected chi connectivity index (χ2v) is 6.28. The molecule has 2 unspecified atom stereocenters. The van der Waals surface area contributed by atoms with Gasteiger partial charge in [-0.15, -0.1) is 0 Å². The predicted molar refractivity (Wildman–Crippen MR) is 94.9 cm³/mol. The lowest BCUT2D eigenvalue weighted by Crippen LogP contribution is -2.25. The Morgan fingerprint density at radius 2 is 1.21 bits per heavy atom. The quantitative estimate of drug-likeness (QED) is 0.617. The van der Waals surface area contributed by atoms with Gasteiger partial charge in [-0.3, -0.25) is 0 Å². The molecular weight excluding hydrogens is 320 g/mol. The van der Waals surface area contributed by atoms with Crippen molar-refractivity contribution in [1.29, 1.82) is 0 Å². The lowest BCUT2D eigenvalue weighted by molar-refractivity contribution is -0.0147. The Bertz CT molecular complexity index is 833. The molecule has 2 atom stereocenters. The summed E-state index contributed by atoms with van der Waals surface area (Å²) in [6, 6.07) is 28.0. The Kier molecular flexibility index (Phi) is 3.69. The van der Waals surface area contributed by atoms with Crippen LogP contribution in [0.4, 0.5) is 0 Å². The lowest BCUT2D eigenvalue weighted by atomic mass is 9.83. The normalized spacial score (nSPS) is 25.4. The van der Waals surface area contributed by atoms with Crippen molar-refractivity contribution in [3.05, 3.63) is 107 Å². The summed E-state index contributed by atoms with van der Waals surface area (Å²) in [5.41, 5.74) is 2.38. The van der Waals surface area contributed by atoms with Crippen LogP contribution in [0.25, 0.3) is 0 Å². The number of epoxide rings is 1. The third-order valence-corrected chi connectivity index (χ3v) is 4.84. The predicted octanol–water partition coefficient (Wildman–Crippen LogP) is 5.11. The van der Waals surface area contributed by atoms with Gasteiger partial charge in [0.15, 0.2) is 5.60 Å². The van der Waals surface area contributed by atoms with Gasteiger partial charge in [-0.25, -0.2) is 0 Å². The molecule has 4 rings (SSSR count). The maximum absolute atomic E-state index is 6.37. The van der Waals surface area contributed by atoms with Crippen LogP contribution in [0.1, 0.15) is 16.7 Å². The van der Waals surface area contributed by atoms with Gasteiger partial charge in [0.05, 0.1) is 0 Å². The van der Waals surface area contributed by atoms with Crippen LogP contribution in [-0.2, 0) is 20.9 Å². The maximum atomic E-state index is 6.37. The van der Waals surface area contributed by atoms with E-state index in [0.717, 1.165) is 16.7 Å². The molecule has 0 N–H and O–H groups in total. The van der Waals surface area contributed by atoms with Crippen molar-refractivity contribution >= 4 is 11.6 Å². The average molecular weight is 337 g/mol. The van der Waals surface area contributed by atoms with Crippen molar-refractivity contribution in [3.63, 3.8) is 0 Å². The topological polar surface area (TPSA) is 21.8 Å². The number of ether oxygens (including phenoxy) is 2. The van der Waals surface area contributed by atoms with Crippen molar-refractivity contribution in [2.45, 2.75) is 11.4 Å². The van der Waals surface area contributed by atoms with E-state index >= 15 is 0 Å². The molecule has 3 heteroatoms. The van der Waals surface area contributed by atoms with Crippen LogP contribution in [0.3, 0.4) is 0 Å². The highest BCUT2D eigenvalue weighted by Gasteiger charge is 2.74. The minimum absolute atomic E-state index is 0.686. The van der Waals surface area contributed by atoms with Gasteiger partial charge in [0.2, 0.25) is 5.79 Å². The molecule has 1 fully saturated rings. The SMILES string of the molecule is COC1(c2ccccc2)OC1(c1ccccc1)c1ccc(Cl)cc1. The number of hydrogen-bond acceptors (Lipinski definition) is 2. The molecule has 3 aromatic rings. The number of benzene rings is 3. The largest absolute Gasteiger partial charge is 0.346 e. The van der Waals surface area contributed by atoms with Gasteiger partial charge in [-0.05, 0) is 23.3 Å². The molecule has 0 aromatic heterocycles. The monoisotopic (exact) mass is 336 g/mol. The van der Waals surface area contributed by atoms with E-state index in [4.69, 9.17) is 21.1 Å². The zero-order valence-corrected chi connectivity index (χ0v) is 14.0. The van der Waals surface area contributed by atoms with Crippen LogP contribution in [-0.4, -0.2) is 7.11 Å². The molecule has 0 radical (unpaired) electrons. The van der Waals surface area contributed by atoms with Crippen molar-refractivity contribution in [2.24, 2.45) is 0 Å². The van der Waals surface area contributed by atoms with Crippen LogP contribution in [0, 0.1) is 0 Å². The lowest BCUT2D eigenvalue weighted by Gasteiger charge is -2.20. The summed E-state index contributed by atoms with van der Waals surface area (Å²) in [5, 5.41) is 0.699. The zero-order valence-electron chi connectivity index (χ0n) is 13.3. The molecule has 0 bridgehead atoms. The van der Waals surface area contributed by atoms with Gasteiger partial charge in [-0.1, -0.05) is 84.4 Å². The molecule has 120 valence electrons. The Labute approximate surface area is 146 Å². The number of hydrogen-bond donors (Lipinski definition) is 0. The second-order valence-electron chi connectivity index (χ2n) is 5.84. The second kappa shape index (κ2) is 5.75. The van der Waals surface area contributed by atoms with Crippen molar-refractivity contribution in [2.75, 3.05) is 7.11 Å². The molecule has 1 heterocycles. The molecule has 0 saturated carbocycles. The Balaban J connectivity index is 1.93. The standard InChI is InChI=1S/C21H17ClO2/c1-23-21(18-10-6-3-7-11-18)20(24-21,16-8-4-2-5-9-16)17-12-14-19(22)15-13-17/h2-15H,1H3.